The Labute approximate surface area is 198 Å². The van der Waals surface area contributed by atoms with Crippen molar-refractivity contribution in [1.82, 2.24) is 19.6 Å². The number of ether oxygens (including phenoxy) is 1. The Hall–Kier alpha value is -5.34. The molecule has 0 aliphatic heterocycles. The lowest BCUT2D eigenvalue weighted by molar-refractivity contribution is 0.103. The number of fused-ring (bicyclic) bond motifs is 4. The zero-order valence-electron chi connectivity index (χ0n) is 18.2. The molecule has 0 aliphatic carbocycles. The number of ketones is 1. The third kappa shape index (κ3) is 3.38. The van der Waals surface area contributed by atoms with Crippen molar-refractivity contribution >= 4 is 33.4 Å². The Morgan fingerprint density at radius 2 is 1.83 bits per heavy atom. The molecule has 6 rings (SSSR count). The summed E-state index contributed by atoms with van der Waals surface area (Å²) < 4.78 is 7.60. The van der Waals surface area contributed by atoms with Gasteiger partial charge in [0.2, 0.25) is 5.78 Å². The van der Waals surface area contributed by atoms with E-state index >= 15 is 0 Å². The number of aromatic nitrogens is 4. The van der Waals surface area contributed by atoms with Gasteiger partial charge in [-0.15, -0.1) is 0 Å². The maximum absolute atomic E-state index is 13.4. The van der Waals surface area contributed by atoms with Gasteiger partial charge in [0.25, 0.3) is 0 Å². The molecule has 8 heteroatoms. The summed E-state index contributed by atoms with van der Waals surface area (Å²) in [7, 11) is 0. The van der Waals surface area contributed by atoms with Crippen LogP contribution in [0.1, 0.15) is 27.2 Å². The second kappa shape index (κ2) is 7.91. The van der Waals surface area contributed by atoms with Gasteiger partial charge in [0, 0.05) is 17.0 Å². The van der Waals surface area contributed by atoms with Crippen LogP contribution in [0.2, 0.25) is 0 Å². The number of nitrogens with zero attached hydrogens (tertiary/aromatic N) is 4. The van der Waals surface area contributed by atoms with Gasteiger partial charge in [-0.25, -0.2) is 4.52 Å². The fourth-order valence-corrected chi connectivity index (χ4v) is 4.30. The Kier molecular flexibility index (Phi) is 4.58. The molecule has 3 aromatic carbocycles. The summed E-state index contributed by atoms with van der Waals surface area (Å²) in [4.78, 5) is 19.8. The highest BCUT2D eigenvalue weighted by atomic mass is 16.5. The largest absolute Gasteiger partial charge is 0.457 e. The number of benzene rings is 3. The van der Waals surface area contributed by atoms with Gasteiger partial charge in [0.15, 0.2) is 0 Å². The van der Waals surface area contributed by atoms with Gasteiger partial charge in [-0.05, 0) is 48.0 Å². The first-order valence-corrected chi connectivity index (χ1v) is 10.8. The van der Waals surface area contributed by atoms with Crippen molar-refractivity contribution in [2.24, 2.45) is 0 Å². The molecule has 0 saturated heterocycles. The Morgan fingerprint density at radius 3 is 2.69 bits per heavy atom. The molecule has 0 fully saturated rings. The molecule has 0 unspecified atom stereocenters. The molecule has 3 heterocycles. The molecule has 0 atom stereocenters. The van der Waals surface area contributed by atoms with Crippen LogP contribution in [-0.4, -0.2) is 25.4 Å². The molecule has 8 nitrogen and oxygen atoms in total. The number of carbonyl (C=O) groups is 1. The van der Waals surface area contributed by atoms with Crippen LogP contribution in [0.25, 0.3) is 27.6 Å². The molecule has 0 amide bonds. The highest BCUT2D eigenvalue weighted by Crippen LogP contribution is 2.29. The zero-order valence-corrected chi connectivity index (χ0v) is 18.2. The first-order valence-electron chi connectivity index (χ1n) is 10.8. The minimum absolute atomic E-state index is 0.199. The molecule has 166 valence electrons. The van der Waals surface area contributed by atoms with E-state index in [4.69, 9.17) is 15.3 Å². The van der Waals surface area contributed by atoms with Crippen LogP contribution in [0.3, 0.4) is 0 Å². The smallest absolute Gasteiger partial charge is 0.214 e. The number of carbonyl (C=O) groups excluding carboxylic acids is 1. The number of H-pyrrole nitrogens is 2. The van der Waals surface area contributed by atoms with E-state index in [-0.39, 0.29) is 12.2 Å². The van der Waals surface area contributed by atoms with Crippen molar-refractivity contribution in [3.63, 3.8) is 0 Å². The minimum atomic E-state index is -0.199. The molecule has 0 spiro atoms. The average molecular weight is 456 g/mol. The average Bonchev–Trinajstić information content (AvgIpc) is 3.57. The summed E-state index contributed by atoms with van der Waals surface area (Å²) in [5, 5.41) is 23.5. The van der Waals surface area contributed by atoms with E-state index in [9.17, 15) is 4.79 Å². The molecular formula is C27H16N6O2. The fraction of sp³-hybridized carbons (Fsp3) is 0.0370. The van der Waals surface area contributed by atoms with E-state index in [1.54, 1.807) is 41.0 Å². The highest BCUT2D eigenvalue weighted by molar-refractivity contribution is 6.14. The van der Waals surface area contributed by atoms with E-state index in [2.05, 4.69) is 27.2 Å². The summed E-state index contributed by atoms with van der Waals surface area (Å²) in [6, 6.07) is 24.1. The van der Waals surface area contributed by atoms with Gasteiger partial charge in [-0.1, -0.05) is 18.2 Å². The quantitative estimate of drug-likeness (QED) is 0.343. The van der Waals surface area contributed by atoms with Crippen LogP contribution < -0.4 is 4.74 Å². The molecule has 0 radical (unpaired) electrons. The molecule has 0 aliphatic rings. The normalized spacial score (nSPS) is 11.0. The van der Waals surface area contributed by atoms with Crippen LogP contribution in [0.15, 0.2) is 72.9 Å². The standard InChI is InChI=1S/C27H16N6O2/c28-10-9-17-4-2-6-22-20(17)13-24(31-22)26(34)21-15-30-33-25-8-7-19(12-23(25)32-27(21)33)35-18-5-1-3-16(11-18)14-29/h1-8,11-13,15,31-32H,9H2. The van der Waals surface area contributed by atoms with Crippen LogP contribution in [0.5, 0.6) is 11.5 Å². The van der Waals surface area contributed by atoms with Crippen molar-refractivity contribution in [3.05, 3.63) is 95.3 Å². The molecule has 35 heavy (non-hydrogen) atoms. The first-order chi connectivity index (χ1) is 17.1. The Bertz CT molecular complexity index is 1860. The number of hydrogen-bond acceptors (Lipinski definition) is 5. The summed E-state index contributed by atoms with van der Waals surface area (Å²) in [6.07, 6.45) is 1.82. The second-order valence-corrected chi connectivity index (χ2v) is 8.09. The lowest BCUT2D eigenvalue weighted by Gasteiger charge is -2.05. The Balaban J connectivity index is 1.37. The van der Waals surface area contributed by atoms with Gasteiger partial charge in [0.05, 0.1) is 52.6 Å². The number of nitrogens with one attached hydrogen (secondary N) is 2. The maximum Gasteiger partial charge on any atom is 0.214 e. The van der Waals surface area contributed by atoms with Gasteiger partial charge in [0.1, 0.15) is 17.1 Å². The first kappa shape index (κ1) is 20.3. The van der Waals surface area contributed by atoms with Crippen LogP contribution in [0.4, 0.5) is 0 Å². The summed E-state index contributed by atoms with van der Waals surface area (Å²) in [5.41, 5.74) is 5.18. The molecule has 2 N–H and O–H groups in total. The van der Waals surface area contributed by atoms with Gasteiger partial charge >= 0.3 is 0 Å². The Morgan fingerprint density at radius 1 is 0.971 bits per heavy atom. The van der Waals surface area contributed by atoms with E-state index in [1.807, 2.05) is 36.4 Å². The lowest BCUT2D eigenvalue weighted by atomic mass is 10.1. The third-order valence-electron chi connectivity index (χ3n) is 5.93. The zero-order chi connectivity index (χ0) is 23.9. The predicted molar refractivity (Wildman–Crippen MR) is 129 cm³/mol. The van der Waals surface area contributed by atoms with E-state index in [1.165, 1.54) is 0 Å². The molecule has 0 saturated carbocycles. The monoisotopic (exact) mass is 456 g/mol. The summed E-state index contributed by atoms with van der Waals surface area (Å²) >= 11 is 0. The molecule has 0 bridgehead atoms. The SMILES string of the molecule is N#CCc1cccc2[nH]c(C(=O)c3cnn4c3[nH]c3cc(Oc5cccc(C#N)c5)ccc34)cc12. The van der Waals surface area contributed by atoms with Crippen LogP contribution in [0, 0.1) is 22.7 Å². The molecule has 3 aromatic heterocycles. The van der Waals surface area contributed by atoms with Gasteiger partial charge in [-0.2, -0.15) is 15.6 Å². The summed E-state index contributed by atoms with van der Waals surface area (Å²) in [6.45, 7) is 0. The third-order valence-corrected chi connectivity index (χ3v) is 5.93. The maximum atomic E-state index is 13.4. The number of rotatable bonds is 5. The van der Waals surface area contributed by atoms with Gasteiger partial charge in [-0.3, -0.25) is 4.79 Å². The van der Waals surface area contributed by atoms with Crippen molar-refractivity contribution < 1.29 is 9.53 Å². The lowest BCUT2D eigenvalue weighted by Crippen LogP contribution is -2.01. The predicted octanol–water partition coefficient (Wildman–Crippen LogP) is 5.26. The van der Waals surface area contributed by atoms with E-state index < -0.39 is 0 Å². The number of nitriles is 2. The van der Waals surface area contributed by atoms with Crippen molar-refractivity contribution in [1.29, 1.82) is 10.5 Å². The molecular weight excluding hydrogens is 440 g/mol. The van der Waals surface area contributed by atoms with Crippen molar-refractivity contribution in [3.8, 4) is 23.6 Å². The summed E-state index contributed by atoms with van der Waals surface area (Å²) in [5.74, 6) is 0.950. The number of imidazole rings is 1. The van der Waals surface area contributed by atoms with Crippen LogP contribution in [-0.2, 0) is 6.42 Å². The van der Waals surface area contributed by atoms with E-state index in [0.29, 0.717) is 34.0 Å². The van der Waals surface area contributed by atoms with Gasteiger partial charge < -0.3 is 14.7 Å². The fourth-order valence-electron chi connectivity index (χ4n) is 4.30. The number of aromatic amines is 2. The van der Waals surface area contributed by atoms with Crippen molar-refractivity contribution in [2.45, 2.75) is 6.42 Å². The number of hydrogen-bond donors (Lipinski definition) is 2. The van der Waals surface area contributed by atoms with E-state index in [0.717, 1.165) is 27.5 Å². The highest BCUT2D eigenvalue weighted by Gasteiger charge is 2.20. The minimum Gasteiger partial charge on any atom is -0.457 e. The second-order valence-electron chi connectivity index (χ2n) is 8.09. The molecule has 6 aromatic rings. The van der Waals surface area contributed by atoms with Crippen molar-refractivity contribution in [2.75, 3.05) is 0 Å². The van der Waals surface area contributed by atoms with Crippen LogP contribution >= 0.6 is 0 Å². The topological polar surface area (TPSA) is 123 Å².